The number of nitrogens with zero attached hydrogens (tertiary/aromatic N) is 3. The smallest absolute Gasteiger partial charge is 0.302 e. The Morgan fingerprint density at radius 3 is 2.47 bits per heavy atom. The van der Waals surface area contributed by atoms with Crippen LogP contribution in [0.25, 0.3) is 4.85 Å². The van der Waals surface area contributed by atoms with Crippen LogP contribution in [0.3, 0.4) is 0 Å². The van der Waals surface area contributed by atoms with E-state index in [9.17, 15) is 19.2 Å². The molecule has 3 aliphatic carbocycles. The van der Waals surface area contributed by atoms with Crippen molar-refractivity contribution < 1.29 is 19.2 Å². The Morgan fingerprint density at radius 2 is 1.83 bits per heavy atom. The van der Waals surface area contributed by atoms with Gasteiger partial charge in [0.05, 0.1) is 11.8 Å². The summed E-state index contributed by atoms with van der Waals surface area (Å²) < 4.78 is 0. The lowest BCUT2D eigenvalue weighted by Crippen LogP contribution is -2.55. The number of carbonyl (C=O) groups excluding carboxylic acids is 4. The Balaban J connectivity index is 1.40. The first-order valence-electron chi connectivity index (χ1n) is 13.1. The average molecular weight is 491 g/mol. The van der Waals surface area contributed by atoms with Crippen molar-refractivity contribution in [2.75, 3.05) is 13.6 Å². The zero-order valence-corrected chi connectivity index (χ0v) is 21.0. The summed E-state index contributed by atoms with van der Waals surface area (Å²) in [7, 11) is 1.64. The highest BCUT2D eigenvalue weighted by atomic mass is 16.2. The van der Waals surface area contributed by atoms with E-state index >= 15 is 0 Å². The van der Waals surface area contributed by atoms with Gasteiger partial charge in [0, 0.05) is 26.9 Å². The molecule has 1 spiro atoms. The molecule has 4 aliphatic rings. The van der Waals surface area contributed by atoms with Gasteiger partial charge in [0.15, 0.2) is 0 Å². The fourth-order valence-corrected chi connectivity index (χ4v) is 6.09. The van der Waals surface area contributed by atoms with Crippen LogP contribution in [-0.4, -0.2) is 65.1 Å². The summed E-state index contributed by atoms with van der Waals surface area (Å²) in [5.74, 6) is 0.0719. The number of hydrogen-bond acceptors (Lipinski definition) is 4. The van der Waals surface area contributed by atoms with Gasteiger partial charge in [-0.05, 0) is 35.8 Å². The number of Topliss-reactive ketones (excluding diaryl/α,β-unsaturated/α-hetero) is 1. The lowest BCUT2D eigenvalue weighted by Gasteiger charge is -2.33. The van der Waals surface area contributed by atoms with Crippen molar-refractivity contribution in [3.63, 3.8) is 0 Å². The highest BCUT2D eigenvalue weighted by Gasteiger charge is 2.58. The standard InChI is InChI=1S/C28H34N4O4/c1-17(33)30-22(12-18-8-9-18)26(35)31(3)23(13-19-10-11-19)27(36)32-16-28(15-25(32)29-2)21-7-5-4-6-20(21)14-24(28)34/h4-7,18-19,22-23,25H,8-16H2,1,3H3,(H,30,33)/t22-,23-,25-,28-/m0/s1. The Kier molecular flexibility index (Phi) is 6.36. The van der Waals surface area contributed by atoms with E-state index < -0.39 is 23.7 Å². The molecule has 2 saturated carbocycles. The summed E-state index contributed by atoms with van der Waals surface area (Å²) in [6, 6.07) is 6.34. The number of amides is 3. The topological polar surface area (TPSA) is 91.2 Å². The first-order chi connectivity index (χ1) is 17.2. The Hall–Kier alpha value is -3.21. The van der Waals surface area contributed by atoms with Crippen molar-refractivity contribution in [1.82, 2.24) is 15.1 Å². The van der Waals surface area contributed by atoms with Gasteiger partial charge in [-0.2, -0.15) is 0 Å². The summed E-state index contributed by atoms with van der Waals surface area (Å²) in [6.45, 7) is 9.41. The monoisotopic (exact) mass is 490 g/mol. The molecule has 8 nitrogen and oxygen atoms in total. The molecule has 36 heavy (non-hydrogen) atoms. The van der Waals surface area contributed by atoms with Crippen LogP contribution in [0.15, 0.2) is 24.3 Å². The summed E-state index contributed by atoms with van der Waals surface area (Å²) in [5.41, 5.74) is 1.05. The number of benzene rings is 1. The third-order valence-corrected chi connectivity index (χ3v) is 8.48. The molecule has 5 rings (SSSR count). The molecule has 3 fully saturated rings. The van der Waals surface area contributed by atoms with Gasteiger partial charge in [0.25, 0.3) is 5.91 Å². The highest BCUT2D eigenvalue weighted by molar-refractivity contribution is 5.99. The predicted octanol–water partition coefficient (Wildman–Crippen LogP) is 2.46. The normalized spacial score (nSPS) is 26.3. The van der Waals surface area contributed by atoms with Gasteiger partial charge in [-0.1, -0.05) is 49.9 Å². The number of nitrogens with one attached hydrogen (secondary N) is 1. The zero-order valence-electron chi connectivity index (χ0n) is 21.0. The number of likely N-dealkylation sites (N-methyl/N-ethyl adjacent to an activating group) is 1. The van der Waals surface area contributed by atoms with Crippen molar-refractivity contribution in [3.8, 4) is 0 Å². The first kappa shape index (κ1) is 24.5. The lowest BCUT2D eigenvalue weighted by molar-refractivity contribution is -0.147. The van der Waals surface area contributed by atoms with Crippen molar-refractivity contribution >= 4 is 23.5 Å². The summed E-state index contributed by atoms with van der Waals surface area (Å²) in [4.78, 5) is 59.5. The van der Waals surface area contributed by atoms with Crippen molar-refractivity contribution in [3.05, 3.63) is 46.8 Å². The van der Waals surface area contributed by atoms with Crippen LogP contribution >= 0.6 is 0 Å². The highest BCUT2D eigenvalue weighted by Crippen LogP contribution is 2.46. The number of fused-ring (bicyclic) bond motifs is 2. The Morgan fingerprint density at radius 1 is 1.17 bits per heavy atom. The van der Waals surface area contributed by atoms with E-state index in [1.54, 1.807) is 11.9 Å². The van der Waals surface area contributed by atoms with E-state index in [0.717, 1.165) is 36.8 Å². The van der Waals surface area contributed by atoms with Gasteiger partial charge >= 0.3 is 6.17 Å². The summed E-state index contributed by atoms with van der Waals surface area (Å²) in [5, 5.41) is 2.79. The quantitative estimate of drug-likeness (QED) is 0.567. The first-order valence-corrected chi connectivity index (χ1v) is 13.1. The lowest BCUT2D eigenvalue weighted by atomic mass is 9.80. The second-order valence-electron chi connectivity index (χ2n) is 11.2. The van der Waals surface area contributed by atoms with Crippen LogP contribution in [0, 0.1) is 18.4 Å². The Labute approximate surface area is 212 Å². The number of likely N-dealkylation sites (tertiary alicyclic amines) is 1. The number of carbonyl (C=O) groups is 4. The van der Waals surface area contributed by atoms with Gasteiger partial charge in [-0.15, -0.1) is 0 Å². The minimum atomic E-state index is -0.848. The van der Waals surface area contributed by atoms with Crippen LogP contribution in [-0.2, 0) is 31.0 Å². The fourth-order valence-electron chi connectivity index (χ4n) is 6.09. The molecule has 1 heterocycles. The van der Waals surface area contributed by atoms with E-state index in [0.29, 0.717) is 37.5 Å². The molecule has 1 aliphatic heterocycles. The van der Waals surface area contributed by atoms with Crippen LogP contribution < -0.4 is 5.32 Å². The molecule has 1 saturated heterocycles. The van der Waals surface area contributed by atoms with Crippen molar-refractivity contribution in [2.45, 2.75) is 82.0 Å². The Bertz CT molecular complexity index is 1130. The van der Waals surface area contributed by atoms with Crippen LogP contribution in [0.4, 0.5) is 0 Å². The van der Waals surface area contributed by atoms with Crippen molar-refractivity contribution in [1.29, 1.82) is 0 Å². The molecule has 190 valence electrons. The molecule has 1 aromatic carbocycles. The van der Waals surface area contributed by atoms with E-state index in [2.05, 4.69) is 10.2 Å². The van der Waals surface area contributed by atoms with Crippen molar-refractivity contribution in [2.24, 2.45) is 11.8 Å². The number of ketones is 1. The van der Waals surface area contributed by atoms with Gasteiger partial charge in [-0.25, -0.2) is 6.57 Å². The van der Waals surface area contributed by atoms with Crippen LogP contribution in [0.2, 0.25) is 0 Å². The minimum absolute atomic E-state index is 0.0611. The zero-order chi connectivity index (χ0) is 25.6. The minimum Gasteiger partial charge on any atom is -0.345 e. The average Bonchev–Trinajstić information content (AvgIpc) is 3.79. The second kappa shape index (κ2) is 9.34. The molecular formula is C28H34N4O4. The van der Waals surface area contributed by atoms with E-state index in [1.165, 1.54) is 11.8 Å². The molecular weight excluding hydrogens is 456 g/mol. The van der Waals surface area contributed by atoms with Crippen LogP contribution in [0.1, 0.15) is 63.0 Å². The molecule has 0 aromatic heterocycles. The van der Waals surface area contributed by atoms with Gasteiger partial charge < -0.3 is 10.2 Å². The van der Waals surface area contributed by atoms with E-state index in [-0.39, 0.29) is 30.0 Å². The maximum Gasteiger partial charge on any atom is 0.302 e. The molecule has 1 N–H and O–H groups in total. The second-order valence-corrected chi connectivity index (χ2v) is 11.2. The van der Waals surface area contributed by atoms with Crippen LogP contribution in [0.5, 0.6) is 0 Å². The SMILES string of the molecule is [C-]#[N+][C@@H]1C[C@@]2(CN1C(=O)[C@H](CC1CC1)N(C)C(=O)[C@H](CC1CC1)NC(C)=O)C(=O)Cc1ccccc12. The number of rotatable bonds is 8. The maximum atomic E-state index is 14.1. The van der Waals surface area contributed by atoms with Gasteiger partial charge in [0.2, 0.25) is 11.8 Å². The molecule has 8 heteroatoms. The van der Waals surface area contributed by atoms with Gasteiger partial charge in [0.1, 0.15) is 17.9 Å². The van der Waals surface area contributed by atoms with Gasteiger partial charge in [-0.3, -0.25) is 28.9 Å². The molecule has 0 bridgehead atoms. The molecule has 3 amide bonds. The third-order valence-electron chi connectivity index (χ3n) is 8.48. The molecule has 4 atom stereocenters. The summed E-state index contributed by atoms with van der Waals surface area (Å²) in [6.07, 6.45) is 5.14. The molecule has 0 unspecified atom stereocenters. The number of hydrogen-bond donors (Lipinski definition) is 1. The summed E-state index contributed by atoms with van der Waals surface area (Å²) >= 11 is 0. The van der Waals surface area contributed by atoms with E-state index in [4.69, 9.17) is 6.57 Å². The van der Waals surface area contributed by atoms with E-state index in [1.807, 2.05) is 24.3 Å². The fraction of sp³-hybridized carbons (Fsp3) is 0.607. The third kappa shape index (κ3) is 4.52. The molecule has 1 aromatic rings. The largest absolute Gasteiger partial charge is 0.345 e. The molecule has 0 radical (unpaired) electrons. The predicted molar refractivity (Wildman–Crippen MR) is 132 cm³/mol. The maximum absolute atomic E-state index is 14.1.